The van der Waals surface area contributed by atoms with Crippen LogP contribution in [0, 0.1) is 5.82 Å². The van der Waals surface area contributed by atoms with Crippen LogP contribution in [0.25, 0.3) is 0 Å². The summed E-state index contributed by atoms with van der Waals surface area (Å²) in [6.07, 6.45) is 0.938. The lowest BCUT2D eigenvalue weighted by Crippen LogP contribution is -2.13. The van der Waals surface area contributed by atoms with Crippen molar-refractivity contribution in [3.63, 3.8) is 0 Å². The van der Waals surface area contributed by atoms with Crippen molar-refractivity contribution in [1.29, 1.82) is 0 Å². The van der Waals surface area contributed by atoms with Crippen LogP contribution in [0.2, 0.25) is 0 Å². The van der Waals surface area contributed by atoms with Crippen LogP contribution in [0.1, 0.15) is 10.5 Å². The van der Waals surface area contributed by atoms with E-state index in [4.69, 9.17) is 5.73 Å². The molecule has 4 nitrogen and oxygen atoms in total. The summed E-state index contributed by atoms with van der Waals surface area (Å²) >= 11 is 0. The molecule has 1 rings (SSSR count). The molecular formula is C7H7FN2O2. The molecule has 0 amide bonds. The fraction of sp³-hybridized carbons (Fsp3) is 0.143. The van der Waals surface area contributed by atoms with Crippen molar-refractivity contribution in [1.82, 2.24) is 4.98 Å². The summed E-state index contributed by atoms with van der Waals surface area (Å²) in [7, 11) is 0. The fourth-order valence-corrected chi connectivity index (χ4v) is 0.646. The second-order valence-electron chi connectivity index (χ2n) is 1.96. The number of aromatic nitrogens is 1. The van der Waals surface area contributed by atoms with Crippen molar-refractivity contribution >= 4 is 5.97 Å². The standard InChI is InChI=1S/C7H7FN2O2/c8-5-1-2-6(10-3-5)7(11)12-4-9/h1-3H,4,9H2. The summed E-state index contributed by atoms with van der Waals surface area (Å²) in [5, 5.41) is 0. The van der Waals surface area contributed by atoms with E-state index < -0.39 is 11.8 Å². The molecule has 0 bridgehead atoms. The summed E-state index contributed by atoms with van der Waals surface area (Å²) in [5.41, 5.74) is 5.00. The Bertz CT molecular complexity index is 273. The Morgan fingerprint density at radius 1 is 1.67 bits per heavy atom. The molecule has 2 N–H and O–H groups in total. The normalized spacial score (nSPS) is 9.50. The minimum absolute atomic E-state index is 0.0434. The first kappa shape index (κ1) is 8.61. The van der Waals surface area contributed by atoms with Crippen molar-refractivity contribution in [2.75, 3.05) is 6.73 Å². The van der Waals surface area contributed by atoms with Gasteiger partial charge in [0.05, 0.1) is 6.20 Å². The highest BCUT2D eigenvalue weighted by Gasteiger charge is 2.06. The Balaban J connectivity index is 2.75. The fourth-order valence-electron chi connectivity index (χ4n) is 0.646. The van der Waals surface area contributed by atoms with Crippen LogP contribution in [0.4, 0.5) is 4.39 Å². The van der Waals surface area contributed by atoms with Crippen molar-refractivity contribution < 1.29 is 13.9 Å². The van der Waals surface area contributed by atoms with E-state index in [2.05, 4.69) is 9.72 Å². The largest absolute Gasteiger partial charge is 0.445 e. The summed E-state index contributed by atoms with van der Waals surface area (Å²) in [6, 6.07) is 2.35. The molecule has 1 heterocycles. The van der Waals surface area contributed by atoms with Crippen LogP contribution in [0.5, 0.6) is 0 Å². The van der Waals surface area contributed by atoms with E-state index >= 15 is 0 Å². The van der Waals surface area contributed by atoms with E-state index in [0.717, 1.165) is 12.3 Å². The summed E-state index contributed by atoms with van der Waals surface area (Å²) in [4.78, 5) is 14.4. The van der Waals surface area contributed by atoms with Crippen molar-refractivity contribution in [3.05, 3.63) is 29.8 Å². The highest BCUT2D eigenvalue weighted by molar-refractivity contribution is 5.86. The second kappa shape index (κ2) is 3.77. The van der Waals surface area contributed by atoms with Gasteiger partial charge in [0, 0.05) is 0 Å². The van der Waals surface area contributed by atoms with Gasteiger partial charge in [-0.1, -0.05) is 0 Å². The molecule has 0 saturated carbocycles. The summed E-state index contributed by atoms with van der Waals surface area (Å²) in [6.45, 7) is -0.210. The number of ether oxygens (including phenoxy) is 1. The van der Waals surface area contributed by atoms with E-state index in [1.165, 1.54) is 6.07 Å². The number of rotatable bonds is 2. The van der Waals surface area contributed by atoms with Crippen LogP contribution in [-0.4, -0.2) is 17.7 Å². The molecule has 0 aliphatic carbocycles. The molecule has 0 aromatic carbocycles. The number of pyridine rings is 1. The smallest absolute Gasteiger partial charge is 0.358 e. The predicted molar refractivity (Wildman–Crippen MR) is 38.7 cm³/mol. The van der Waals surface area contributed by atoms with Crippen molar-refractivity contribution in [2.24, 2.45) is 5.73 Å². The average Bonchev–Trinajstić information content (AvgIpc) is 2.06. The van der Waals surface area contributed by atoms with Gasteiger partial charge in [-0.3, -0.25) is 5.73 Å². The molecule has 5 heteroatoms. The number of nitrogens with two attached hydrogens (primary N) is 1. The topological polar surface area (TPSA) is 65.2 Å². The predicted octanol–water partition coefficient (Wildman–Crippen LogP) is 0.294. The van der Waals surface area contributed by atoms with Gasteiger partial charge in [-0.05, 0) is 12.1 Å². The Labute approximate surface area is 68.2 Å². The number of hydrogen-bond acceptors (Lipinski definition) is 4. The summed E-state index contributed by atoms with van der Waals surface area (Å²) in [5.74, 6) is -1.16. The zero-order valence-electron chi connectivity index (χ0n) is 6.16. The highest BCUT2D eigenvalue weighted by Crippen LogP contribution is 1.99. The second-order valence-corrected chi connectivity index (χ2v) is 1.96. The monoisotopic (exact) mass is 170 g/mol. The third-order valence-electron chi connectivity index (χ3n) is 1.15. The molecule has 0 saturated heterocycles. The highest BCUT2D eigenvalue weighted by atomic mass is 19.1. The van der Waals surface area contributed by atoms with Crippen molar-refractivity contribution in [2.45, 2.75) is 0 Å². The number of carbonyl (C=O) groups is 1. The number of nitrogens with zero attached hydrogens (tertiary/aromatic N) is 1. The maximum absolute atomic E-state index is 12.3. The van der Waals surface area contributed by atoms with E-state index in [1.54, 1.807) is 0 Å². The molecule has 0 aliphatic rings. The van der Waals surface area contributed by atoms with Gasteiger partial charge in [-0.15, -0.1) is 0 Å². The molecule has 64 valence electrons. The van der Waals surface area contributed by atoms with Gasteiger partial charge in [0.1, 0.15) is 18.2 Å². The molecule has 1 aromatic heterocycles. The van der Waals surface area contributed by atoms with Gasteiger partial charge in [-0.2, -0.15) is 0 Å². The molecule has 0 atom stereocenters. The van der Waals surface area contributed by atoms with Crippen LogP contribution in [0.3, 0.4) is 0 Å². The molecule has 0 fully saturated rings. The van der Waals surface area contributed by atoms with Gasteiger partial charge in [0.25, 0.3) is 0 Å². The van der Waals surface area contributed by atoms with Crippen LogP contribution in [0.15, 0.2) is 18.3 Å². The van der Waals surface area contributed by atoms with Gasteiger partial charge >= 0.3 is 5.97 Å². The zero-order chi connectivity index (χ0) is 8.97. The van der Waals surface area contributed by atoms with E-state index in [0.29, 0.717) is 0 Å². The van der Waals surface area contributed by atoms with Crippen LogP contribution in [-0.2, 0) is 4.74 Å². The first-order valence-corrected chi connectivity index (χ1v) is 3.23. The van der Waals surface area contributed by atoms with E-state index in [9.17, 15) is 9.18 Å². The minimum Gasteiger partial charge on any atom is -0.445 e. The Hall–Kier alpha value is -1.49. The lowest BCUT2D eigenvalue weighted by Gasteiger charge is -1.98. The lowest BCUT2D eigenvalue weighted by molar-refractivity contribution is 0.0508. The third kappa shape index (κ3) is 2.00. The number of halogens is 1. The van der Waals surface area contributed by atoms with E-state index in [-0.39, 0.29) is 12.4 Å². The average molecular weight is 170 g/mol. The molecule has 1 aromatic rings. The minimum atomic E-state index is -0.655. The van der Waals surface area contributed by atoms with Gasteiger partial charge in [-0.25, -0.2) is 14.2 Å². The number of carbonyl (C=O) groups excluding carboxylic acids is 1. The third-order valence-corrected chi connectivity index (χ3v) is 1.15. The number of hydrogen-bond donors (Lipinski definition) is 1. The van der Waals surface area contributed by atoms with E-state index in [1.807, 2.05) is 0 Å². The SMILES string of the molecule is NCOC(=O)c1ccc(F)cn1. The first-order valence-electron chi connectivity index (χ1n) is 3.23. The van der Waals surface area contributed by atoms with Gasteiger partial charge in [0.15, 0.2) is 0 Å². The molecule has 0 spiro atoms. The maximum atomic E-state index is 12.3. The quantitative estimate of drug-likeness (QED) is 0.512. The Morgan fingerprint density at radius 3 is 2.92 bits per heavy atom. The zero-order valence-corrected chi connectivity index (χ0v) is 6.16. The van der Waals surface area contributed by atoms with Crippen LogP contribution >= 0.6 is 0 Å². The van der Waals surface area contributed by atoms with Crippen molar-refractivity contribution in [3.8, 4) is 0 Å². The van der Waals surface area contributed by atoms with Crippen LogP contribution < -0.4 is 5.73 Å². The molecule has 0 aliphatic heterocycles. The first-order chi connectivity index (χ1) is 5.74. The lowest BCUT2D eigenvalue weighted by atomic mass is 10.3. The molecule has 0 unspecified atom stereocenters. The Morgan fingerprint density at radius 2 is 2.42 bits per heavy atom. The molecule has 12 heavy (non-hydrogen) atoms. The summed E-state index contributed by atoms with van der Waals surface area (Å²) < 4.78 is 16.7. The van der Waals surface area contributed by atoms with Gasteiger partial charge < -0.3 is 4.74 Å². The molecular weight excluding hydrogens is 163 g/mol. The Kier molecular flexibility index (Phi) is 2.71. The molecule has 0 radical (unpaired) electrons. The number of esters is 1. The maximum Gasteiger partial charge on any atom is 0.358 e. The van der Waals surface area contributed by atoms with Gasteiger partial charge in [0.2, 0.25) is 0 Å².